The van der Waals surface area contributed by atoms with Gasteiger partial charge in [-0.25, -0.2) is 0 Å². The smallest absolute Gasteiger partial charge is 0.138 e. The highest BCUT2D eigenvalue weighted by Gasteiger charge is 2.10. The van der Waals surface area contributed by atoms with Gasteiger partial charge in [0.2, 0.25) is 0 Å². The minimum atomic E-state index is 0.855. The van der Waals surface area contributed by atoms with Crippen molar-refractivity contribution in [1.29, 1.82) is 0 Å². The van der Waals surface area contributed by atoms with Crippen LogP contribution in [-0.4, -0.2) is 4.98 Å². The largest absolute Gasteiger partial charge is 0.456 e. The molecular weight excluding hydrogens is 222 g/mol. The highest BCUT2D eigenvalue weighted by atomic mass is 16.3. The van der Waals surface area contributed by atoms with Crippen LogP contribution in [0.4, 0.5) is 0 Å². The summed E-state index contributed by atoms with van der Waals surface area (Å²) in [6.07, 6.45) is 3.17. The van der Waals surface area contributed by atoms with Gasteiger partial charge >= 0.3 is 0 Å². The van der Waals surface area contributed by atoms with Gasteiger partial charge in [-0.3, -0.25) is 0 Å². The monoisotopic (exact) mass is 232 g/mol. The van der Waals surface area contributed by atoms with Crippen molar-refractivity contribution >= 4 is 21.9 Å². The predicted octanol–water partition coefficient (Wildman–Crippen LogP) is 4.38. The molecule has 1 radical (unpaired) electrons. The summed E-state index contributed by atoms with van der Waals surface area (Å²) in [6, 6.07) is 18.2. The number of para-hydroxylation sites is 2. The number of nitrogens with one attached hydrogen (secondary N) is 1. The lowest BCUT2D eigenvalue weighted by Crippen LogP contribution is -1.69. The van der Waals surface area contributed by atoms with Crippen molar-refractivity contribution in [2.45, 2.75) is 0 Å². The first-order valence-corrected chi connectivity index (χ1v) is 5.89. The van der Waals surface area contributed by atoms with E-state index in [1.54, 1.807) is 0 Å². The van der Waals surface area contributed by atoms with Gasteiger partial charge in [-0.1, -0.05) is 36.4 Å². The van der Waals surface area contributed by atoms with Crippen molar-refractivity contribution < 1.29 is 4.42 Å². The summed E-state index contributed by atoms with van der Waals surface area (Å²) in [4.78, 5) is 3.15. The fourth-order valence-corrected chi connectivity index (χ4v) is 2.31. The van der Waals surface area contributed by atoms with Crippen LogP contribution in [0.1, 0.15) is 0 Å². The van der Waals surface area contributed by atoms with Crippen molar-refractivity contribution in [2.75, 3.05) is 0 Å². The quantitative estimate of drug-likeness (QED) is 0.518. The maximum Gasteiger partial charge on any atom is 0.138 e. The molecule has 0 fully saturated rings. The second-order valence-electron chi connectivity index (χ2n) is 4.32. The van der Waals surface area contributed by atoms with E-state index in [2.05, 4.69) is 29.4 Å². The minimum Gasteiger partial charge on any atom is -0.456 e. The van der Waals surface area contributed by atoms with Crippen LogP contribution < -0.4 is 0 Å². The fraction of sp³-hybridized carbons (Fsp3) is 0. The minimum absolute atomic E-state index is 0.855. The van der Waals surface area contributed by atoms with Crippen LogP contribution >= 0.6 is 0 Å². The van der Waals surface area contributed by atoms with Crippen molar-refractivity contribution in [3.05, 3.63) is 60.8 Å². The van der Waals surface area contributed by atoms with Crippen LogP contribution in [0.3, 0.4) is 0 Å². The lowest BCUT2D eigenvalue weighted by atomic mass is 10.1. The standard InChI is InChI=1S/C16H10NO/c1-4-8-15-11(5-1)9-16(18-15)13-10-17-14-7-3-2-6-12(13)14/h1-9,17H. The second-order valence-corrected chi connectivity index (χ2v) is 4.32. The van der Waals surface area contributed by atoms with E-state index in [0.29, 0.717) is 0 Å². The van der Waals surface area contributed by atoms with E-state index < -0.39 is 0 Å². The van der Waals surface area contributed by atoms with Gasteiger partial charge in [-0.05, 0) is 18.2 Å². The van der Waals surface area contributed by atoms with E-state index in [1.807, 2.05) is 36.4 Å². The van der Waals surface area contributed by atoms with E-state index >= 15 is 0 Å². The van der Waals surface area contributed by atoms with Gasteiger partial charge < -0.3 is 9.40 Å². The molecule has 2 heteroatoms. The van der Waals surface area contributed by atoms with E-state index in [4.69, 9.17) is 4.42 Å². The SMILES string of the molecule is [c]1[nH]c2ccccc2c1-c1cc2ccccc2o1. The Morgan fingerprint density at radius 2 is 1.78 bits per heavy atom. The molecule has 0 aliphatic carbocycles. The number of fused-ring (bicyclic) bond motifs is 2. The maximum absolute atomic E-state index is 5.87. The number of aromatic amines is 1. The summed E-state index contributed by atoms with van der Waals surface area (Å²) in [7, 11) is 0. The first-order chi connectivity index (χ1) is 8.92. The molecule has 0 saturated heterocycles. The fourth-order valence-electron chi connectivity index (χ4n) is 2.31. The third-order valence-electron chi connectivity index (χ3n) is 3.19. The van der Waals surface area contributed by atoms with Crippen LogP contribution in [0.2, 0.25) is 0 Å². The molecule has 0 aliphatic rings. The summed E-state index contributed by atoms with van der Waals surface area (Å²) in [5, 5.41) is 2.25. The molecule has 0 atom stereocenters. The Morgan fingerprint density at radius 1 is 0.944 bits per heavy atom. The van der Waals surface area contributed by atoms with Crippen LogP contribution in [-0.2, 0) is 0 Å². The first-order valence-electron chi connectivity index (χ1n) is 5.89. The number of aromatic nitrogens is 1. The average Bonchev–Trinajstić information content (AvgIpc) is 3.02. The molecule has 4 aromatic rings. The van der Waals surface area contributed by atoms with Gasteiger partial charge in [0, 0.05) is 16.3 Å². The van der Waals surface area contributed by atoms with Gasteiger partial charge in [0.25, 0.3) is 0 Å². The summed E-state index contributed by atoms with van der Waals surface area (Å²) >= 11 is 0. The Morgan fingerprint density at radius 3 is 2.72 bits per heavy atom. The highest BCUT2D eigenvalue weighted by molar-refractivity contribution is 5.96. The molecule has 0 spiro atoms. The molecule has 0 saturated carbocycles. The molecule has 18 heavy (non-hydrogen) atoms. The summed E-state index contributed by atoms with van der Waals surface area (Å²) in [6.45, 7) is 0. The normalized spacial score (nSPS) is 11.3. The molecule has 0 unspecified atom stereocenters. The lowest BCUT2D eigenvalue weighted by molar-refractivity contribution is 0.632. The zero-order valence-electron chi connectivity index (χ0n) is 9.60. The molecule has 2 aromatic carbocycles. The molecule has 4 rings (SSSR count). The molecule has 2 heterocycles. The topological polar surface area (TPSA) is 28.9 Å². The van der Waals surface area contributed by atoms with E-state index in [-0.39, 0.29) is 0 Å². The summed E-state index contributed by atoms with van der Waals surface area (Å²) in [5.74, 6) is 0.855. The molecule has 0 bridgehead atoms. The van der Waals surface area contributed by atoms with Gasteiger partial charge in [0.05, 0.1) is 11.8 Å². The van der Waals surface area contributed by atoms with Crippen molar-refractivity contribution in [3.63, 3.8) is 0 Å². The Labute approximate surface area is 104 Å². The molecule has 1 N–H and O–H groups in total. The van der Waals surface area contributed by atoms with Gasteiger partial charge in [0.15, 0.2) is 0 Å². The molecule has 2 aromatic heterocycles. The Bertz CT molecular complexity index is 805. The number of benzene rings is 2. The lowest BCUT2D eigenvalue weighted by Gasteiger charge is -1.92. The van der Waals surface area contributed by atoms with Crippen LogP contribution in [0, 0.1) is 6.20 Å². The van der Waals surface area contributed by atoms with E-state index in [9.17, 15) is 0 Å². The predicted molar refractivity (Wildman–Crippen MR) is 72.3 cm³/mol. The number of H-pyrrole nitrogens is 1. The zero-order chi connectivity index (χ0) is 11.9. The molecule has 2 nitrogen and oxygen atoms in total. The second kappa shape index (κ2) is 3.50. The van der Waals surface area contributed by atoms with Crippen LogP contribution in [0.25, 0.3) is 33.2 Å². The molecule has 85 valence electrons. The Hall–Kier alpha value is -2.48. The van der Waals surface area contributed by atoms with Gasteiger partial charge in [0.1, 0.15) is 11.3 Å². The van der Waals surface area contributed by atoms with Crippen molar-refractivity contribution in [2.24, 2.45) is 0 Å². The molecule has 0 aliphatic heterocycles. The van der Waals surface area contributed by atoms with Crippen LogP contribution in [0.15, 0.2) is 59.0 Å². The maximum atomic E-state index is 5.87. The van der Waals surface area contributed by atoms with E-state index in [0.717, 1.165) is 33.2 Å². The third kappa shape index (κ3) is 1.29. The number of rotatable bonds is 1. The van der Waals surface area contributed by atoms with Crippen molar-refractivity contribution in [3.8, 4) is 11.3 Å². The summed E-state index contributed by atoms with van der Waals surface area (Å²) in [5.41, 5.74) is 2.97. The van der Waals surface area contributed by atoms with Crippen LogP contribution in [0.5, 0.6) is 0 Å². The van der Waals surface area contributed by atoms with Crippen molar-refractivity contribution in [1.82, 2.24) is 4.98 Å². The zero-order valence-corrected chi connectivity index (χ0v) is 9.60. The number of hydrogen-bond acceptors (Lipinski definition) is 1. The average molecular weight is 232 g/mol. The third-order valence-corrected chi connectivity index (χ3v) is 3.19. The number of furan rings is 1. The molecular formula is C16H10NO. The summed E-state index contributed by atoms with van der Waals surface area (Å²) < 4.78 is 5.87. The van der Waals surface area contributed by atoms with E-state index in [1.165, 1.54) is 0 Å². The van der Waals surface area contributed by atoms with Gasteiger partial charge in [-0.2, -0.15) is 0 Å². The molecule has 0 amide bonds. The van der Waals surface area contributed by atoms with Gasteiger partial charge in [-0.15, -0.1) is 0 Å². The first kappa shape index (κ1) is 9.54. The number of hydrogen-bond donors (Lipinski definition) is 1. The Kier molecular flexibility index (Phi) is 1.86. The Balaban J connectivity index is 2.01. The highest BCUT2D eigenvalue weighted by Crippen LogP contribution is 2.32.